The van der Waals surface area contributed by atoms with E-state index in [2.05, 4.69) is 0 Å². The molecule has 1 nitrogen and oxygen atoms in total. The molecule has 0 bridgehead atoms. The van der Waals surface area contributed by atoms with E-state index < -0.39 is 17.7 Å². The highest BCUT2D eigenvalue weighted by atomic mass is 19.1. The summed E-state index contributed by atoms with van der Waals surface area (Å²) in [5.41, 5.74) is 1.11. The Bertz CT molecular complexity index is 583. The van der Waals surface area contributed by atoms with Crippen LogP contribution in [-0.2, 0) is 0 Å². The molecule has 0 saturated heterocycles. The minimum atomic E-state index is -0.997. The molecule has 1 N–H and O–H groups in total. The van der Waals surface area contributed by atoms with Gasteiger partial charge >= 0.3 is 0 Å². The zero-order valence-corrected chi connectivity index (χ0v) is 12.3. The Morgan fingerprint density at radius 3 is 2.29 bits per heavy atom. The van der Waals surface area contributed by atoms with Crippen LogP contribution in [0.1, 0.15) is 43.4 Å². The number of aliphatic hydroxyl groups excluding tert-OH is 1. The average Bonchev–Trinajstić information content (AvgIpc) is 2.48. The monoisotopic (exact) mass is 290 g/mol. The Hall–Kier alpha value is -1.74. The lowest BCUT2D eigenvalue weighted by atomic mass is 9.79. The molecular formula is C18H20F2O. The Balaban J connectivity index is 2.41. The fourth-order valence-corrected chi connectivity index (χ4v) is 2.69. The zero-order chi connectivity index (χ0) is 15.4. The third-order valence-corrected chi connectivity index (χ3v) is 4.06. The fraction of sp³-hybridized carbons (Fsp3) is 0.333. The van der Waals surface area contributed by atoms with Crippen molar-refractivity contribution in [1.82, 2.24) is 0 Å². The van der Waals surface area contributed by atoms with Crippen LogP contribution in [0.15, 0.2) is 48.5 Å². The third kappa shape index (κ3) is 3.48. The summed E-state index contributed by atoms with van der Waals surface area (Å²) in [5, 5.41) is 10.6. The smallest absolute Gasteiger partial charge is 0.131 e. The molecule has 0 aliphatic heterocycles. The van der Waals surface area contributed by atoms with Crippen molar-refractivity contribution in [1.29, 1.82) is 0 Å². The molecule has 2 rings (SSSR count). The lowest BCUT2D eigenvalue weighted by molar-refractivity contribution is 0.114. The molecule has 0 radical (unpaired) electrons. The molecule has 0 heterocycles. The Labute approximate surface area is 124 Å². The molecule has 2 aromatic rings. The molecule has 3 atom stereocenters. The Morgan fingerprint density at radius 2 is 1.71 bits per heavy atom. The summed E-state index contributed by atoms with van der Waals surface area (Å²) in [7, 11) is 0. The van der Waals surface area contributed by atoms with Crippen molar-refractivity contribution >= 4 is 0 Å². The number of aliphatic hydroxyl groups is 1. The summed E-state index contributed by atoms with van der Waals surface area (Å²) in [6, 6.07) is 12.9. The van der Waals surface area contributed by atoms with Gasteiger partial charge in [-0.25, -0.2) is 8.78 Å². The van der Waals surface area contributed by atoms with Gasteiger partial charge in [-0.05, 0) is 17.5 Å². The van der Waals surface area contributed by atoms with Crippen LogP contribution in [0.2, 0.25) is 0 Å². The lowest BCUT2D eigenvalue weighted by Crippen LogP contribution is -2.19. The summed E-state index contributed by atoms with van der Waals surface area (Å²) in [4.78, 5) is 0. The molecule has 0 aliphatic rings. The van der Waals surface area contributed by atoms with Gasteiger partial charge < -0.3 is 5.11 Å². The van der Waals surface area contributed by atoms with Gasteiger partial charge in [0.15, 0.2) is 0 Å². The lowest BCUT2D eigenvalue weighted by Gasteiger charge is -2.29. The second-order valence-corrected chi connectivity index (χ2v) is 5.43. The van der Waals surface area contributed by atoms with Crippen molar-refractivity contribution in [3.8, 4) is 0 Å². The Morgan fingerprint density at radius 1 is 1.05 bits per heavy atom. The van der Waals surface area contributed by atoms with Crippen LogP contribution in [0.25, 0.3) is 0 Å². The molecule has 0 amide bonds. The highest BCUT2D eigenvalue weighted by Crippen LogP contribution is 2.39. The van der Waals surface area contributed by atoms with Gasteiger partial charge in [0, 0.05) is 17.5 Å². The number of hydrogen-bond donors (Lipinski definition) is 1. The van der Waals surface area contributed by atoms with E-state index in [1.54, 1.807) is 0 Å². The number of halogens is 2. The van der Waals surface area contributed by atoms with Gasteiger partial charge in [0.2, 0.25) is 0 Å². The fourth-order valence-electron chi connectivity index (χ4n) is 2.69. The van der Waals surface area contributed by atoms with Gasteiger partial charge in [-0.3, -0.25) is 0 Å². The van der Waals surface area contributed by atoms with E-state index in [0.717, 1.165) is 18.1 Å². The molecule has 2 aromatic carbocycles. The van der Waals surface area contributed by atoms with Crippen molar-refractivity contribution in [3.63, 3.8) is 0 Å². The van der Waals surface area contributed by atoms with E-state index in [1.165, 1.54) is 12.1 Å². The highest BCUT2D eigenvalue weighted by Gasteiger charge is 2.29. The van der Waals surface area contributed by atoms with Crippen molar-refractivity contribution in [3.05, 3.63) is 71.3 Å². The SMILES string of the molecule is CCC(C)C(c1ccccc1)C(O)c1ccc(F)cc1F. The number of rotatable bonds is 5. The van der Waals surface area contributed by atoms with E-state index in [4.69, 9.17) is 0 Å². The van der Waals surface area contributed by atoms with Gasteiger partial charge in [0.05, 0.1) is 6.10 Å². The zero-order valence-electron chi connectivity index (χ0n) is 12.3. The summed E-state index contributed by atoms with van der Waals surface area (Å²) >= 11 is 0. The minimum absolute atomic E-state index is 0.144. The molecule has 0 aliphatic carbocycles. The van der Waals surface area contributed by atoms with Gasteiger partial charge in [-0.2, -0.15) is 0 Å². The molecule has 3 unspecified atom stereocenters. The topological polar surface area (TPSA) is 20.2 Å². The van der Waals surface area contributed by atoms with Gasteiger partial charge in [0.25, 0.3) is 0 Å². The molecule has 0 spiro atoms. The van der Waals surface area contributed by atoms with E-state index in [9.17, 15) is 13.9 Å². The van der Waals surface area contributed by atoms with E-state index in [-0.39, 0.29) is 17.4 Å². The van der Waals surface area contributed by atoms with Crippen LogP contribution in [0, 0.1) is 17.6 Å². The van der Waals surface area contributed by atoms with Crippen molar-refractivity contribution < 1.29 is 13.9 Å². The molecule has 112 valence electrons. The van der Waals surface area contributed by atoms with Gasteiger partial charge in [-0.1, -0.05) is 56.7 Å². The van der Waals surface area contributed by atoms with E-state index >= 15 is 0 Å². The first-order chi connectivity index (χ1) is 10.0. The molecule has 3 heteroatoms. The number of hydrogen-bond acceptors (Lipinski definition) is 1. The van der Waals surface area contributed by atoms with Crippen LogP contribution >= 0.6 is 0 Å². The molecule has 21 heavy (non-hydrogen) atoms. The predicted molar refractivity (Wildman–Crippen MR) is 80.0 cm³/mol. The van der Waals surface area contributed by atoms with Crippen molar-refractivity contribution in [2.45, 2.75) is 32.3 Å². The van der Waals surface area contributed by atoms with Gasteiger partial charge in [-0.15, -0.1) is 0 Å². The summed E-state index contributed by atoms with van der Waals surface area (Å²) in [6.07, 6.45) is -0.137. The summed E-state index contributed by atoms with van der Waals surface area (Å²) < 4.78 is 27.0. The van der Waals surface area contributed by atoms with Crippen molar-refractivity contribution in [2.75, 3.05) is 0 Å². The van der Waals surface area contributed by atoms with Gasteiger partial charge in [0.1, 0.15) is 11.6 Å². The largest absolute Gasteiger partial charge is 0.388 e. The average molecular weight is 290 g/mol. The maximum absolute atomic E-state index is 13.9. The van der Waals surface area contributed by atoms with Crippen molar-refractivity contribution in [2.24, 2.45) is 5.92 Å². The van der Waals surface area contributed by atoms with E-state index in [1.807, 2.05) is 44.2 Å². The van der Waals surface area contributed by atoms with E-state index in [0.29, 0.717) is 0 Å². The summed E-state index contributed by atoms with van der Waals surface area (Å²) in [6.45, 7) is 4.07. The minimum Gasteiger partial charge on any atom is -0.388 e. The standard InChI is InChI=1S/C18H20F2O/c1-3-12(2)17(13-7-5-4-6-8-13)18(21)15-10-9-14(19)11-16(15)20/h4-12,17-18,21H,3H2,1-2H3. The first-order valence-electron chi connectivity index (χ1n) is 7.22. The van der Waals surface area contributed by atoms with Crippen LogP contribution < -0.4 is 0 Å². The second kappa shape index (κ2) is 6.81. The Kier molecular flexibility index (Phi) is 5.07. The highest BCUT2D eigenvalue weighted by molar-refractivity contribution is 5.28. The normalized spacial score (nSPS) is 15.5. The van der Waals surface area contributed by atoms with Crippen LogP contribution in [0.5, 0.6) is 0 Å². The number of benzene rings is 2. The third-order valence-electron chi connectivity index (χ3n) is 4.06. The molecular weight excluding hydrogens is 270 g/mol. The van der Waals surface area contributed by atoms with Crippen LogP contribution in [-0.4, -0.2) is 5.11 Å². The second-order valence-electron chi connectivity index (χ2n) is 5.43. The maximum Gasteiger partial charge on any atom is 0.131 e. The molecule has 0 aromatic heterocycles. The first-order valence-corrected chi connectivity index (χ1v) is 7.22. The first kappa shape index (κ1) is 15.6. The molecule has 0 fully saturated rings. The van der Waals surface area contributed by atoms with Crippen LogP contribution in [0.4, 0.5) is 8.78 Å². The summed E-state index contributed by atoms with van der Waals surface area (Å²) in [5.74, 6) is -1.39. The molecule has 0 saturated carbocycles. The predicted octanol–water partition coefficient (Wildman–Crippen LogP) is 4.83. The van der Waals surface area contributed by atoms with Crippen LogP contribution in [0.3, 0.4) is 0 Å². The quantitative estimate of drug-likeness (QED) is 0.836. The maximum atomic E-state index is 13.9.